The fourth-order valence-corrected chi connectivity index (χ4v) is 4.50. The van der Waals surface area contributed by atoms with Crippen molar-refractivity contribution in [1.29, 1.82) is 0 Å². The predicted octanol–water partition coefficient (Wildman–Crippen LogP) is 4.98. The molecule has 1 atom stereocenters. The van der Waals surface area contributed by atoms with Crippen LogP contribution in [0.5, 0.6) is 5.75 Å². The molecule has 4 nitrogen and oxygen atoms in total. The summed E-state index contributed by atoms with van der Waals surface area (Å²) in [5, 5.41) is 9.36. The van der Waals surface area contributed by atoms with Crippen molar-refractivity contribution >= 4 is 7.60 Å². The van der Waals surface area contributed by atoms with E-state index < -0.39 is 13.2 Å². The summed E-state index contributed by atoms with van der Waals surface area (Å²) < 4.78 is 24.2. The maximum Gasteiger partial charge on any atom is 0.376 e. The van der Waals surface area contributed by atoms with Crippen LogP contribution in [-0.4, -0.2) is 24.0 Å². The first-order valence-electron chi connectivity index (χ1n) is 7.98. The Hall–Kier alpha value is -0.830. The molecule has 1 unspecified atom stereocenters. The van der Waals surface area contributed by atoms with Gasteiger partial charge < -0.3 is 9.63 Å². The second-order valence-corrected chi connectivity index (χ2v) is 9.79. The molecule has 0 fully saturated rings. The maximum absolute atomic E-state index is 12.8. The quantitative estimate of drug-likeness (QED) is 0.741. The van der Waals surface area contributed by atoms with E-state index in [1.54, 1.807) is 0 Å². The minimum atomic E-state index is -3.25. The molecule has 0 aromatic heterocycles. The highest BCUT2D eigenvalue weighted by molar-refractivity contribution is 7.53. The molecule has 0 bridgehead atoms. The molecular weight excluding hydrogens is 311 g/mol. The number of rotatable bonds is 6. The summed E-state index contributed by atoms with van der Waals surface area (Å²) in [5.74, 6) is 0.580. The topological polar surface area (TPSA) is 55.8 Å². The lowest BCUT2D eigenvalue weighted by Gasteiger charge is -2.31. The lowest BCUT2D eigenvalue weighted by molar-refractivity contribution is 0.116. The van der Waals surface area contributed by atoms with Crippen molar-refractivity contribution in [1.82, 2.24) is 0 Å². The van der Waals surface area contributed by atoms with Gasteiger partial charge in [-0.3, -0.25) is 4.52 Å². The normalized spacial score (nSPS) is 15.3. The van der Waals surface area contributed by atoms with Gasteiger partial charge in [-0.1, -0.05) is 19.9 Å². The van der Waals surface area contributed by atoms with Crippen LogP contribution in [0.1, 0.15) is 57.7 Å². The van der Waals surface area contributed by atoms with Crippen molar-refractivity contribution in [3.8, 4) is 5.75 Å². The summed E-state index contributed by atoms with van der Waals surface area (Å²) >= 11 is 0. The first kappa shape index (κ1) is 20.2. The van der Waals surface area contributed by atoms with E-state index >= 15 is 0 Å². The van der Waals surface area contributed by atoms with Crippen LogP contribution < -0.4 is 4.52 Å². The highest BCUT2D eigenvalue weighted by atomic mass is 31.2. The molecule has 132 valence electrons. The molecule has 0 aliphatic rings. The lowest BCUT2D eigenvalue weighted by atomic mass is 9.78. The number of hydrogen-bond donors (Lipinski definition) is 1. The van der Waals surface area contributed by atoms with Crippen LogP contribution in [-0.2, 0) is 14.5 Å². The van der Waals surface area contributed by atoms with Gasteiger partial charge in [0, 0.05) is 18.8 Å². The van der Waals surface area contributed by atoms with Crippen LogP contribution >= 0.6 is 7.60 Å². The van der Waals surface area contributed by atoms with Crippen molar-refractivity contribution in [3.05, 3.63) is 28.8 Å². The minimum absolute atomic E-state index is 0.0854. The van der Waals surface area contributed by atoms with Gasteiger partial charge in [0.1, 0.15) is 5.75 Å². The number of aliphatic hydroxyl groups is 1. The number of aliphatic hydroxyl groups excluding tert-OH is 1. The van der Waals surface area contributed by atoms with E-state index in [1.807, 2.05) is 40.7 Å². The van der Waals surface area contributed by atoms with Crippen molar-refractivity contribution in [2.75, 3.05) is 13.3 Å². The molecule has 0 radical (unpaired) electrons. The first-order chi connectivity index (χ1) is 10.3. The Morgan fingerprint density at radius 1 is 1.13 bits per heavy atom. The van der Waals surface area contributed by atoms with Crippen molar-refractivity contribution in [2.45, 2.75) is 65.9 Å². The Labute approximate surface area is 140 Å². The van der Waals surface area contributed by atoms with Crippen LogP contribution in [0.2, 0.25) is 0 Å². The molecule has 23 heavy (non-hydrogen) atoms. The third-order valence-electron chi connectivity index (χ3n) is 3.56. The Morgan fingerprint density at radius 3 is 2.17 bits per heavy atom. The van der Waals surface area contributed by atoms with Gasteiger partial charge in [0.2, 0.25) is 0 Å². The van der Waals surface area contributed by atoms with E-state index in [2.05, 4.69) is 19.9 Å². The van der Waals surface area contributed by atoms with Crippen LogP contribution in [0.3, 0.4) is 0 Å². The molecule has 0 amide bonds. The zero-order valence-electron chi connectivity index (χ0n) is 15.7. The molecule has 0 saturated carbocycles. The predicted molar refractivity (Wildman–Crippen MR) is 95.6 cm³/mol. The SMILES string of the molecule is Cc1cc(C)c(C(C)(C)CCO)c(OP(C)(=O)OC(C)(C)C)c1. The van der Waals surface area contributed by atoms with E-state index in [-0.39, 0.29) is 12.0 Å². The zero-order valence-corrected chi connectivity index (χ0v) is 16.6. The third kappa shape index (κ3) is 5.95. The molecular formula is C18H31O4P. The van der Waals surface area contributed by atoms with E-state index in [1.165, 1.54) is 6.66 Å². The van der Waals surface area contributed by atoms with Crippen molar-refractivity contribution in [2.24, 2.45) is 0 Å². The van der Waals surface area contributed by atoms with Gasteiger partial charge in [-0.2, -0.15) is 0 Å². The van der Waals surface area contributed by atoms with Crippen LogP contribution in [0, 0.1) is 13.8 Å². The molecule has 0 spiro atoms. The second kappa shape index (κ2) is 6.96. The van der Waals surface area contributed by atoms with Crippen molar-refractivity contribution in [3.63, 3.8) is 0 Å². The van der Waals surface area contributed by atoms with Crippen LogP contribution in [0.4, 0.5) is 0 Å². The van der Waals surface area contributed by atoms with E-state index in [4.69, 9.17) is 9.05 Å². The summed E-state index contributed by atoms with van der Waals surface area (Å²) in [7, 11) is -3.25. The van der Waals surface area contributed by atoms with Crippen LogP contribution in [0.25, 0.3) is 0 Å². The average molecular weight is 342 g/mol. The summed E-state index contributed by atoms with van der Waals surface area (Å²) in [6.45, 7) is 15.2. The number of hydrogen-bond acceptors (Lipinski definition) is 4. The van der Waals surface area contributed by atoms with E-state index in [0.29, 0.717) is 12.2 Å². The van der Waals surface area contributed by atoms with Gasteiger partial charge in [-0.25, -0.2) is 4.57 Å². The Balaban J connectivity index is 3.33. The summed E-state index contributed by atoms with van der Waals surface area (Å²) in [6, 6.07) is 3.97. The maximum atomic E-state index is 12.8. The fraction of sp³-hybridized carbons (Fsp3) is 0.667. The summed E-state index contributed by atoms with van der Waals surface area (Å²) in [6.07, 6.45) is 0.599. The molecule has 0 saturated heterocycles. The molecule has 1 aromatic rings. The summed E-state index contributed by atoms with van der Waals surface area (Å²) in [4.78, 5) is 0. The van der Waals surface area contributed by atoms with E-state index in [9.17, 15) is 9.67 Å². The lowest BCUT2D eigenvalue weighted by Crippen LogP contribution is -2.23. The highest BCUT2D eigenvalue weighted by Gasteiger charge is 2.32. The first-order valence-corrected chi connectivity index (χ1v) is 9.97. The largest absolute Gasteiger partial charge is 0.424 e. The Kier molecular flexibility index (Phi) is 6.12. The molecule has 0 heterocycles. The molecule has 1 N–H and O–H groups in total. The number of benzene rings is 1. The van der Waals surface area contributed by atoms with Gasteiger partial charge in [0.25, 0.3) is 0 Å². The summed E-state index contributed by atoms with van der Waals surface area (Å²) in [5.41, 5.74) is 2.23. The average Bonchev–Trinajstić information content (AvgIpc) is 2.21. The van der Waals surface area contributed by atoms with Gasteiger partial charge in [0.05, 0.1) is 5.60 Å². The fourth-order valence-electron chi connectivity index (χ4n) is 2.97. The standard InChI is InChI=1S/C18H31O4P/c1-13-11-14(2)16(18(6,7)9-10-19)15(12-13)21-23(8,20)22-17(3,4)5/h11-12,19H,9-10H2,1-8H3. The van der Waals surface area contributed by atoms with Gasteiger partial charge in [0.15, 0.2) is 0 Å². The van der Waals surface area contributed by atoms with Crippen molar-refractivity contribution < 1.29 is 18.7 Å². The molecule has 0 aliphatic heterocycles. The Morgan fingerprint density at radius 2 is 1.70 bits per heavy atom. The highest BCUT2D eigenvalue weighted by Crippen LogP contribution is 2.51. The minimum Gasteiger partial charge on any atom is -0.424 e. The zero-order chi connectivity index (χ0) is 18.1. The third-order valence-corrected chi connectivity index (χ3v) is 4.97. The van der Waals surface area contributed by atoms with Gasteiger partial charge in [-0.05, 0) is 63.6 Å². The smallest absolute Gasteiger partial charge is 0.376 e. The van der Waals surface area contributed by atoms with E-state index in [0.717, 1.165) is 16.7 Å². The van der Waals surface area contributed by atoms with Gasteiger partial charge >= 0.3 is 7.60 Å². The van der Waals surface area contributed by atoms with Crippen LogP contribution in [0.15, 0.2) is 12.1 Å². The Bertz CT molecular complexity index is 600. The monoisotopic (exact) mass is 342 g/mol. The molecule has 0 aliphatic carbocycles. The second-order valence-electron chi connectivity index (χ2n) is 7.88. The number of aryl methyl sites for hydroxylation is 2. The molecule has 5 heteroatoms. The van der Waals surface area contributed by atoms with Gasteiger partial charge in [-0.15, -0.1) is 0 Å². The molecule has 1 rings (SSSR count). The molecule has 1 aromatic carbocycles.